The zero-order chi connectivity index (χ0) is 40.1. The van der Waals surface area contributed by atoms with E-state index in [1.807, 2.05) is 146 Å². The fourth-order valence-corrected chi connectivity index (χ4v) is 7.52. The topological polar surface area (TPSA) is 160 Å². The van der Waals surface area contributed by atoms with Crippen molar-refractivity contribution in [2.75, 3.05) is 0 Å². The third-order valence-corrected chi connectivity index (χ3v) is 10.5. The Morgan fingerprint density at radius 1 is 0.621 bits per heavy atom. The molecule has 0 saturated carbocycles. The first-order valence-electron chi connectivity index (χ1n) is 18.6. The fourth-order valence-electron chi connectivity index (χ4n) is 6.58. The quantitative estimate of drug-likeness (QED) is 0.0674. The van der Waals surface area contributed by atoms with Crippen LogP contribution >= 0.6 is 11.8 Å². The normalized spacial score (nSPS) is 13.9. The number of pyridine rings is 1. The highest BCUT2D eigenvalue weighted by atomic mass is 32.2. The van der Waals surface area contributed by atoms with E-state index in [0.29, 0.717) is 11.6 Å². The van der Waals surface area contributed by atoms with E-state index in [1.165, 1.54) is 11.8 Å². The number of hydrogen-bond acceptors (Lipinski definition) is 7. The number of aliphatic carboxylic acids is 1. The number of amides is 4. The lowest BCUT2D eigenvalue weighted by molar-refractivity contribution is -0.579. The van der Waals surface area contributed by atoms with E-state index in [0.717, 1.165) is 38.9 Å². The van der Waals surface area contributed by atoms with Gasteiger partial charge in [-0.1, -0.05) is 157 Å². The first kappa shape index (κ1) is 39.1. The van der Waals surface area contributed by atoms with Crippen LogP contribution in [0.2, 0.25) is 0 Å². The SMILES string of the molecule is O=C(NC(Cc1cccc(CSC2N=NC(c3ccncc3)=[N+]2NC(=O)NC(c2ccccc2)c2ccccc2)c1)C(=O)O)NC(c1ccccc1)c1ccccc1. The lowest BCUT2D eigenvalue weighted by Gasteiger charge is -2.22. The number of carbonyl (C=O) groups excluding carboxylic acids is 2. The van der Waals surface area contributed by atoms with Gasteiger partial charge in [0.05, 0.1) is 22.8 Å². The highest BCUT2D eigenvalue weighted by molar-refractivity contribution is 7.98. The van der Waals surface area contributed by atoms with Gasteiger partial charge in [-0.3, -0.25) is 4.98 Å². The number of hydrazine groups is 1. The number of benzene rings is 5. The molecule has 1 aliphatic rings. The summed E-state index contributed by atoms with van der Waals surface area (Å²) in [5, 5.41) is 27.9. The maximum absolute atomic E-state index is 13.8. The van der Waals surface area contributed by atoms with Crippen molar-refractivity contribution in [1.29, 1.82) is 0 Å². The summed E-state index contributed by atoms with van der Waals surface area (Å²) >= 11 is 1.43. The Bertz CT molecular complexity index is 2290. The summed E-state index contributed by atoms with van der Waals surface area (Å²) in [7, 11) is 0. The summed E-state index contributed by atoms with van der Waals surface area (Å²) in [6.45, 7) is 0. The van der Waals surface area contributed by atoms with Gasteiger partial charge in [-0.25, -0.2) is 14.4 Å². The molecule has 2 heterocycles. The highest BCUT2D eigenvalue weighted by Crippen LogP contribution is 2.26. The molecule has 0 spiro atoms. The maximum atomic E-state index is 13.8. The van der Waals surface area contributed by atoms with Crippen molar-refractivity contribution in [3.05, 3.63) is 209 Å². The average Bonchev–Trinajstić information content (AvgIpc) is 3.67. The maximum Gasteiger partial charge on any atom is 0.379 e. The van der Waals surface area contributed by atoms with E-state index < -0.39 is 41.7 Å². The third-order valence-electron chi connectivity index (χ3n) is 9.38. The number of carboxylic acids is 1. The van der Waals surface area contributed by atoms with E-state index >= 15 is 0 Å². The second kappa shape index (κ2) is 19.2. The Labute approximate surface area is 340 Å². The molecule has 0 saturated heterocycles. The second-order valence-electron chi connectivity index (χ2n) is 13.4. The van der Waals surface area contributed by atoms with Gasteiger partial charge in [-0.15, -0.1) is 4.68 Å². The van der Waals surface area contributed by atoms with Crippen molar-refractivity contribution < 1.29 is 24.2 Å². The number of nitrogens with one attached hydrogen (secondary N) is 4. The van der Waals surface area contributed by atoms with Gasteiger partial charge in [0.1, 0.15) is 6.04 Å². The van der Waals surface area contributed by atoms with E-state index in [-0.39, 0.29) is 6.42 Å². The van der Waals surface area contributed by atoms with E-state index in [2.05, 4.69) is 36.6 Å². The van der Waals surface area contributed by atoms with Crippen LogP contribution < -0.4 is 21.4 Å². The van der Waals surface area contributed by atoms with Crippen LogP contribution in [0.5, 0.6) is 0 Å². The first-order valence-corrected chi connectivity index (χ1v) is 19.7. The molecule has 58 heavy (non-hydrogen) atoms. The van der Waals surface area contributed by atoms with Crippen molar-refractivity contribution in [3.8, 4) is 0 Å². The zero-order valence-corrected chi connectivity index (χ0v) is 32.1. The molecular formula is C45H41N8O4S+. The molecule has 0 aliphatic carbocycles. The Morgan fingerprint density at radius 3 is 1.64 bits per heavy atom. The number of azo groups is 1. The highest BCUT2D eigenvalue weighted by Gasteiger charge is 2.36. The van der Waals surface area contributed by atoms with E-state index in [9.17, 15) is 19.5 Å². The molecule has 7 rings (SSSR count). The molecule has 5 aromatic carbocycles. The zero-order valence-electron chi connectivity index (χ0n) is 31.3. The summed E-state index contributed by atoms with van der Waals surface area (Å²) in [5.74, 6) is -0.243. The third kappa shape index (κ3) is 10.2. The van der Waals surface area contributed by atoms with Gasteiger partial charge < -0.3 is 21.1 Å². The minimum atomic E-state index is -1.19. The molecule has 0 fully saturated rings. The Morgan fingerprint density at radius 2 is 1.12 bits per heavy atom. The summed E-state index contributed by atoms with van der Waals surface area (Å²) in [5.41, 5.74) is 8.30. The van der Waals surface area contributed by atoms with Crippen LogP contribution in [0, 0.1) is 0 Å². The molecule has 290 valence electrons. The van der Waals surface area contributed by atoms with Gasteiger partial charge in [-0.05, 0) is 50.6 Å². The minimum absolute atomic E-state index is 0.0591. The van der Waals surface area contributed by atoms with Gasteiger partial charge in [0.25, 0.3) is 0 Å². The molecule has 5 N–H and O–H groups in total. The van der Waals surface area contributed by atoms with Gasteiger partial charge in [0.2, 0.25) is 0 Å². The number of urea groups is 2. The number of amidine groups is 1. The summed E-state index contributed by atoms with van der Waals surface area (Å²) < 4.78 is 1.63. The van der Waals surface area contributed by atoms with Crippen LogP contribution in [0.15, 0.2) is 180 Å². The monoisotopic (exact) mass is 789 g/mol. The molecule has 13 heteroatoms. The molecule has 0 bridgehead atoms. The largest absolute Gasteiger partial charge is 0.480 e. The molecule has 12 nitrogen and oxygen atoms in total. The van der Waals surface area contributed by atoms with Gasteiger partial charge in [0, 0.05) is 24.6 Å². The number of thioether (sulfide) groups is 1. The van der Waals surface area contributed by atoms with Crippen molar-refractivity contribution in [1.82, 2.24) is 26.4 Å². The van der Waals surface area contributed by atoms with Crippen molar-refractivity contribution in [2.45, 2.75) is 35.8 Å². The minimum Gasteiger partial charge on any atom is -0.480 e. The summed E-state index contributed by atoms with van der Waals surface area (Å²) in [4.78, 5) is 43.6. The molecule has 6 aromatic rings. The lowest BCUT2D eigenvalue weighted by Crippen LogP contribution is -2.48. The number of carboxylic acid groups (broad SMARTS) is 1. The number of hydrogen-bond donors (Lipinski definition) is 5. The van der Waals surface area contributed by atoms with Crippen LogP contribution in [0.4, 0.5) is 9.59 Å². The van der Waals surface area contributed by atoms with E-state index in [4.69, 9.17) is 0 Å². The Balaban J connectivity index is 1.03. The predicted molar refractivity (Wildman–Crippen MR) is 223 cm³/mol. The molecule has 1 aromatic heterocycles. The molecule has 4 amide bonds. The number of aromatic nitrogens is 1. The molecule has 1 aliphatic heterocycles. The Hall–Kier alpha value is -7.12. The van der Waals surface area contributed by atoms with E-state index in [1.54, 1.807) is 29.2 Å². The van der Waals surface area contributed by atoms with Gasteiger partial charge in [-0.2, -0.15) is 5.43 Å². The molecular weight excluding hydrogens is 749 g/mol. The van der Waals surface area contributed by atoms with Crippen molar-refractivity contribution >= 4 is 35.6 Å². The van der Waals surface area contributed by atoms with Crippen LogP contribution in [0.1, 0.15) is 51.0 Å². The Kier molecular flexibility index (Phi) is 12.9. The molecule has 2 unspecified atom stereocenters. The standard InChI is InChI=1S/C45H40N8O4S/c54-42(55)38(47-43(56)48-39(33-16-5-1-6-17-33)34-18-7-2-8-19-34)29-31-14-13-15-32(28-31)30-58-45-51-50-41(37-24-26-46-27-25-37)53(45)52-44(57)49-40(35-20-9-3-10-21-35)36-22-11-4-12-23-36/h1-28,38-40,45H,29-30H2,(H4-,46,47,48,49,51,52,54,55,56,57)/p+1. The fraction of sp³-hybridized carbons (Fsp3) is 0.133. The van der Waals surface area contributed by atoms with Crippen LogP contribution in [-0.4, -0.2) is 50.2 Å². The lowest BCUT2D eigenvalue weighted by atomic mass is 9.99. The van der Waals surface area contributed by atoms with Crippen LogP contribution in [0.25, 0.3) is 0 Å². The molecule has 0 radical (unpaired) electrons. The first-order chi connectivity index (χ1) is 28.4. The van der Waals surface area contributed by atoms with Crippen LogP contribution in [-0.2, 0) is 17.0 Å². The summed E-state index contributed by atoms with van der Waals surface area (Å²) in [6.07, 6.45) is 3.36. The average molecular weight is 790 g/mol. The number of nitrogens with zero attached hydrogens (tertiary/aromatic N) is 4. The van der Waals surface area contributed by atoms with Gasteiger partial charge >= 0.3 is 29.4 Å². The second-order valence-corrected chi connectivity index (χ2v) is 14.5. The number of rotatable bonds is 15. The van der Waals surface area contributed by atoms with Crippen LogP contribution in [0.3, 0.4) is 0 Å². The predicted octanol–water partition coefficient (Wildman–Crippen LogP) is 7.61. The number of carbonyl (C=O) groups is 3. The smallest absolute Gasteiger partial charge is 0.379 e. The van der Waals surface area contributed by atoms with Crippen molar-refractivity contribution in [3.63, 3.8) is 0 Å². The van der Waals surface area contributed by atoms with Gasteiger partial charge in [0.15, 0.2) is 0 Å². The van der Waals surface area contributed by atoms with Crippen molar-refractivity contribution in [2.24, 2.45) is 10.2 Å². The summed E-state index contributed by atoms with van der Waals surface area (Å²) in [6, 6.07) is 46.5. The number of hydrazone groups is 1. The molecule has 2 atom stereocenters.